The molecule has 1 rings (SSSR count). The van der Waals surface area contributed by atoms with Crippen molar-refractivity contribution in [1.82, 2.24) is 15.6 Å². The molecular formula is C12H21IN4. The molecule has 17 heavy (non-hydrogen) atoms. The first-order valence-electron chi connectivity index (χ1n) is 5.79. The summed E-state index contributed by atoms with van der Waals surface area (Å²) < 4.78 is 0. The lowest BCUT2D eigenvalue weighted by Gasteiger charge is -2.09. The van der Waals surface area contributed by atoms with E-state index >= 15 is 0 Å². The molecule has 0 bridgehead atoms. The highest BCUT2D eigenvalue weighted by Crippen LogP contribution is 1.95. The molecule has 0 amide bonds. The van der Waals surface area contributed by atoms with Crippen molar-refractivity contribution in [2.24, 2.45) is 4.99 Å². The number of rotatable bonds is 5. The number of hydrogen-bond donors (Lipinski definition) is 2. The maximum atomic E-state index is 4.45. The first-order chi connectivity index (χ1) is 7.86. The molecule has 0 spiro atoms. The molecule has 1 aromatic heterocycles. The number of pyridine rings is 1. The summed E-state index contributed by atoms with van der Waals surface area (Å²) in [6.45, 7) is 6.62. The summed E-state index contributed by atoms with van der Waals surface area (Å²) in [5.74, 6) is 0.856. The van der Waals surface area contributed by atoms with Crippen molar-refractivity contribution in [1.29, 1.82) is 0 Å². The quantitative estimate of drug-likeness (QED) is 0.487. The Morgan fingerprint density at radius 1 is 1.29 bits per heavy atom. The Bertz CT molecular complexity index is 314. The second-order valence-electron chi connectivity index (χ2n) is 3.44. The van der Waals surface area contributed by atoms with Crippen molar-refractivity contribution in [3.05, 3.63) is 30.1 Å². The van der Waals surface area contributed by atoms with Crippen LogP contribution in [0.5, 0.6) is 0 Å². The van der Waals surface area contributed by atoms with E-state index in [4.69, 9.17) is 0 Å². The van der Waals surface area contributed by atoms with Crippen molar-refractivity contribution < 1.29 is 0 Å². The van der Waals surface area contributed by atoms with Gasteiger partial charge in [-0.15, -0.1) is 24.0 Å². The third-order valence-electron chi connectivity index (χ3n) is 2.01. The van der Waals surface area contributed by atoms with Gasteiger partial charge in [-0.05, 0) is 25.5 Å². The molecule has 0 aliphatic heterocycles. The third kappa shape index (κ3) is 7.14. The topological polar surface area (TPSA) is 49.3 Å². The Hall–Kier alpha value is -0.850. The van der Waals surface area contributed by atoms with Gasteiger partial charge in [0, 0.05) is 19.3 Å². The number of aliphatic imine (C=N–C) groups is 1. The number of hydrogen-bond acceptors (Lipinski definition) is 2. The van der Waals surface area contributed by atoms with Crippen molar-refractivity contribution in [3.63, 3.8) is 0 Å². The molecule has 5 heteroatoms. The van der Waals surface area contributed by atoms with Crippen LogP contribution < -0.4 is 10.6 Å². The van der Waals surface area contributed by atoms with Gasteiger partial charge in [0.25, 0.3) is 0 Å². The van der Waals surface area contributed by atoms with E-state index in [1.165, 1.54) is 0 Å². The molecule has 0 aliphatic rings. The van der Waals surface area contributed by atoms with E-state index in [0.717, 1.165) is 31.2 Å². The van der Waals surface area contributed by atoms with Gasteiger partial charge < -0.3 is 10.6 Å². The van der Waals surface area contributed by atoms with Gasteiger partial charge in [-0.25, -0.2) is 4.99 Å². The van der Waals surface area contributed by atoms with Crippen molar-refractivity contribution in [3.8, 4) is 0 Å². The van der Waals surface area contributed by atoms with Gasteiger partial charge in [0.15, 0.2) is 5.96 Å². The van der Waals surface area contributed by atoms with Gasteiger partial charge in [-0.2, -0.15) is 0 Å². The zero-order valence-electron chi connectivity index (χ0n) is 10.4. The molecule has 0 saturated heterocycles. The summed E-state index contributed by atoms with van der Waals surface area (Å²) in [6, 6.07) is 5.87. The fraction of sp³-hybridized carbons (Fsp3) is 0.500. The standard InChI is InChI=1S/C12H20N4.HI/c1-3-8-15-12(13-4-2)16-10-11-7-5-6-9-14-11;/h5-7,9H,3-4,8,10H2,1-2H3,(H2,13,15,16);1H. The van der Waals surface area contributed by atoms with Gasteiger partial charge in [0.1, 0.15) is 0 Å². The fourth-order valence-corrected chi connectivity index (χ4v) is 1.24. The molecule has 4 nitrogen and oxygen atoms in total. The van der Waals surface area contributed by atoms with Gasteiger partial charge in [-0.3, -0.25) is 4.98 Å². The second kappa shape index (κ2) is 10.3. The summed E-state index contributed by atoms with van der Waals surface area (Å²) in [6.07, 6.45) is 2.88. The monoisotopic (exact) mass is 348 g/mol. The second-order valence-corrected chi connectivity index (χ2v) is 3.44. The lowest BCUT2D eigenvalue weighted by atomic mass is 10.3. The van der Waals surface area contributed by atoms with Crippen LogP contribution in [0.3, 0.4) is 0 Å². The highest BCUT2D eigenvalue weighted by atomic mass is 127. The molecule has 2 N–H and O–H groups in total. The third-order valence-corrected chi connectivity index (χ3v) is 2.01. The molecular weight excluding hydrogens is 327 g/mol. The van der Waals surface area contributed by atoms with Crippen LogP contribution in [-0.4, -0.2) is 24.0 Å². The number of halogens is 1. The van der Waals surface area contributed by atoms with E-state index in [9.17, 15) is 0 Å². The molecule has 0 unspecified atom stereocenters. The van der Waals surface area contributed by atoms with E-state index in [2.05, 4.69) is 34.5 Å². The molecule has 0 aliphatic carbocycles. The number of aromatic nitrogens is 1. The van der Waals surface area contributed by atoms with Gasteiger partial charge >= 0.3 is 0 Å². The molecule has 0 saturated carbocycles. The lowest BCUT2D eigenvalue weighted by molar-refractivity contribution is 0.783. The van der Waals surface area contributed by atoms with Gasteiger partial charge in [0.05, 0.1) is 12.2 Å². The largest absolute Gasteiger partial charge is 0.357 e. The normalized spacial score (nSPS) is 10.6. The summed E-state index contributed by atoms with van der Waals surface area (Å²) in [7, 11) is 0. The average Bonchev–Trinajstić information content (AvgIpc) is 2.34. The highest BCUT2D eigenvalue weighted by Gasteiger charge is 1.96. The van der Waals surface area contributed by atoms with Crippen molar-refractivity contribution >= 4 is 29.9 Å². The average molecular weight is 348 g/mol. The van der Waals surface area contributed by atoms with Crippen LogP contribution in [0.2, 0.25) is 0 Å². The SMILES string of the molecule is CCCNC(=NCc1ccccn1)NCC.I. The molecule has 0 fully saturated rings. The van der Waals surface area contributed by atoms with E-state index in [1.807, 2.05) is 18.2 Å². The summed E-state index contributed by atoms with van der Waals surface area (Å²) >= 11 is 0. The van der Waals surface area contributed by atoms with Crippen LogP contribution in [0.25, 0.3) is 0 Å². The maximum absolute atomic E-state index is 4.45. The number of guanidine groups is 1. The summed E-state index contributed by atoms with van der Waals surface area (Å²) in [5.41, 5.74) is 0.983. The van der Waals surface area contributed by atoms with Crippen LogP contribution in [0.1, 0.15) is 26.0 Å². The molecule has 96 valence electrons. The summed E-state index contributed by atoms with van der Waals surface area (Å²) in [5, 5.41) is 6.45. The Morgan fingerprint density at radius 2 is 2.12 bits per heavy atom. The lowest BCUT2D eigenvalue weighted by Crippen LogP contribution is -2.37. The maximum Gasteiger partial charge on any atom is 0.191 e. The molecule has 1 aromatic rings. The van der Waals surface area contributed by atoms with Crippen LogP contribution in [0, 0.1) is 0 Å². The minimum absolute atomic E-state index is 0. The molecule has 0 aromatic carbocycles. The van der Waals surface area contributed by atoms with Gasteiger partial charge in [-0.1, -0.05) is 13.0 Å². The first-order valence-corrected chi connectivity index (χ1v) is 5.79. The van der Waals surface area contributed by atoms with Gasteiger partial charge in [0.2, 0.25) is 0 Å². The fourth-order valence-electron chi connectivity index (χ4n) is 1.24. The predicted octanol–water partition coefficient (Wildman–Crippen LogP) is 2.16. The van der Waals surface area contributed by atoms with E-state index in [-0.39, 0.29) is 24.0 Å². The number of nitrogens with one attached hydrogen (secondary N) is 2. The highest BCUT2D eigenvalue weighted by molar-refractivity contribution is 14.0. The zero-order chi connectivity index (χ0) is 11.6. The van der Waals surface area contributed by atoms with E-state index in [0.29, 0.717) is 6.54 Å². The summed E-state index contributed by atoms with van der Waals surface area (Å²) in [4.78, 5) is 8.68. The van der Waals surface area contributed by atoms with Crippen LogP contribution in [0.4, 0.5) is 0 Å². The Balaban J connectivity index is 0.00000256. The van der Waals surface area contributed by atoms with Crippen molar-refractivity contribution in [2.45, 2.75) is 26.8 Å². The predicted molar refractivity (Wildman–Crippen MR) is 82.8 cm³/mol. The Morgan fingerprint density at radius 3 is 2.71 bits per heavy atom. The molecule has 1 heterocycles. The Labute approximate surface area is 120 Å². The zero-order valence-corrected chi connectivity index (χ0v) is 12.8. The van der Waals surface area contributed by atoms with Crippen LogP contribution >= 0.6 is 24.0 Å². The van der Waals surface area contributed by atoms with Crippen molar-refractivity contribution in [2.75, 3.05) is 13.1 Å². The molecule has 0 radical (unpaired) electrons. The minimum Gasteiger partial charge on any atom is -0.357 e. The molecule has 0 atom stereocenters. The Kier molecular flexibility index (Phi) is 9.80. The number of nitrogens with zero attached hydrogens (tertiary/aromatic N) is 2. The van der Waals surface area contributed by atoms with E-state index in [1.54, 1.807) is 6.20 Å². The smallest absolute Gasteiger partial charge is 0.191 e. The minimum atomic E-state index is 0. The first kappa shape index (κ1) is 16.1. The van der Waals surface area contributed by atoms with Crippen LogP contribution in [0.15, 0.2) is 29.4 Å². The van der Waals surface area contributed by atoms with E-state index < -0.39 is 0 Å². The van der Waals surface area contributed by atoms with Crippen LogP contribution in [-0.2, 0) is 6.54 Å².